The predicted molar refractivity (Wildman–Crippen MR) is 233 cm³/mol. The minimum absolute atomic E-state index is 0.0725. The molecule has 1 unspecified atom stereocenters. The highest BCUT2D eigenvalue weighted by Gasteiger charge is 2.17. The van der Waals surface area contributed by atoms with Gasteiger partial charge < -0.3 is 14.4 Å². The van der Waals surface area contributed by atoms with Gasteiger partial charge in [-0.05, 0) is 99.3 Å². The molecule has 0 saturated heterocycles. The molecule has 0 aliphatic carbocycles. The van der Waals surface area contributed by atoms with Crippen molar-refractivity contribution >= 4 is 29.0 Å². The Hall–Kier alpha value is -7.24. The number of para-hydroxylation sites is 1. The van der Waals surface area contributed by atoms with Crippen molar-refractivity contribution in [1.29, 1.82) is 0 Å². The molecule has 286 valence electrons. The van der Waals surface area contributed by atoms with Crippen LogP contribution in [0.25, 0.3) is 0 Å². The number of esters is 2. The van der Waals surface area contributed by atoms with Crippen LogP contribution in [0.1, 0.15) is 56.0 Å². The van der Waals surface area contributed by atoms with Gasteiger partial charge in [0.05, 0.1) is 0 Å². The molecule has 7 aromatic rings. The number of nitrogens with zero attached hydrogens (tertiary/aromatic N) is 1. The molecule has 0 aliphatic heterocycles. The molecule has 0 saturated carbocycles. The first-order valence-corrected chi connectivity index (χ1v) is 19.4. The summed E-state index contributed by atoms with van der Waals surface area (Å²) in [5.74, 6) is -0.789. The molecule has 5 heteroatoms. The number of ether oxygens (including phenoxy) is 2. The maximum Gasteiger partial charge on any atom is 0.330 e. The molecular weight excluding hydrogens is 715 g/mol. The summed E-state index contributed by atoms with van der Waals surface area (Å²) in [5.41, 5.74) is 13.6. The van der Waals surface area contributed by atoms with Crippen molar-refractivity contribution in [2.24, 2.45) is 0 Å². The summed E-state index contributed by atoms with van der Waals surface area (Å²) in [4.78, 5) is 25.3. The van der Waals surface area contributed by atoms with Gasteiger partial charge in [-0.1, -0.05) is 159 Å². The van der Waals surface area contributed by atoms with E-state index in [0.717, 1.165) is 41.0 Å². The molecule has 0 spiro atoms. The Morgan fingerprint density at radius 1 is 0.414 bits per heavy atom. The Labute approximate surface area is 341 Å². The Morgan fingerprint density at radius 2 is 0.724 bits per heavy atom. The summed E-state index contributed by atoms with van der Waals surface area (Å²) >= 11 is 0. The van der Waals surface area contributed by atoms with Crippen LogP contribution in [-0.4, -0.2) is 11.9 Å². The maximum atomic E-state index is 11.5. The van der Waals surface area contributed by atoms with Gasteiger partial charge in [0.15, 0.2) is 0 Å². The molecular formula is C53H45NO4. The molecule has 0 radical (unpaired) electrons. The average molecular weight is 760 g/mol. The molecule has 0 N–H and O–H groups in total. The summed E-state index contributed by atoms with van der Waals surface area (Å²) in [6, 6.07) is 63.8. The smallest absolute Gasteiger partial charge is 0.330 e. The minimum atomic E-state index is -0.435. The summed E-state index contributed by atoms with van der Waals surface area (Å²) in [6.45, 7) is 7.35. The monoisotopic (exact) mass is 759 g/mol. The van der Waals surface area contributed by atoms with Crippen LogP contribution in [-0.2, 0) is 45.1 Å². The van der Waals surface area contributed by atoms with Gasteiger partial charge in [-0.15, -0.1) is 0 Å². The van der Waals surface area contributed by atoms with E-state index in [-0.39, 0.29) is 19.1 Å². The largest absolute Gasteiger partial charge is 0.458 e. The number of carbonyl (C=O) groups is 2. The fourth-order valence-electron chi connectivity index (χ4n) is 7.06. The lowest BCUT2D eigenvalue weighted by atomic mass is 9.84. The first-order valence-electron chi connectivity index (χ1n) is 19.4. The Balaban J connectivity index is 1.00. The number of hydrogen-bond donors (Lipinski definition) is 0. The van der Waals surface area contributed by atoms with E-state index in [0.29, 0.717) is 0 Å². The van der Waals surface area contributed by atoms with Crippen LogP contribution in [0.4, 0.5) is 17.1 Å². The van der Waals surface area contributed by atoms with Gasteiger partial charge in [-0.3, -0.25) is 0 Å². The second-order valence-electron chi connectivity index (χ2n) is 14.1. The van der Waals surface area contributed by atoms with Gasteiger partial charge in [-0.2, -0.15) is 0 Å². The molecule has 1 atom stereocenters. The van der Waals surface area contributed by atoms with E-state index >= 15 is 0 Å². The number of benzene rings is 7. The minimum Gasteiger partial charge on any atom is -0.458 e. The molecule has 5 nitrogen and oxygen atoms in total. The first-order chi connectivity index (χ1) is 28.4. The number of carbonyl (C=O) groups excluding carboxylic acids is 2. The standard InChI is InChI=1S/C53H45NO4/c1-3-51(55)57-37-43-21-29-47(30-22-43)53(45-11-7-5-8-12-45)46-27-19-41(20-28-46)35-39-15-17-40(18-16-39)36-42-23-31-49(32-24-42)54(48-13-9-6-10-14-48)50-33-25-44(26-34-50)38-58-52(56)4-2/h3-34,53H,1-2,35-38H2. The van der Waals surface area contributed by atoms with Crippen LogP contribution in [0.15, 0.2) is 207 Å². The normalized spacial score (nSPS) is 11.2. The molecule has 0 fully saturated rings. The van der Waals surface area contributed by atoms with Crippen LogP contribution in [0, 0.1) is 0 Å². The van der Waals surface area contributed by atoms with E-state index in [4.69, 9.17) is 9.47 Å². The molecule has 7 rings (SSSR count). The summed E-state index contributed by atoms with van der Waals surface area (Å²) in [6.07, 6.45) is 4.03. The molecule has 58 heavy (non-hydrogen) atoms. The zero-order valence-electron chi connectivity index (χ0n) is 32.4. The lowest BCUT2D eigenvalue weighted by Gasteiger charge is -2.26. The van der Waals surface area contributed by atoms with Crippen molar-refractivity contribution < 1.29 is 19.1 Å². The zero-order valence-corrected chi connectivity index (χ0v) is 32.4. The van der Waals surface area contributed by atoms with Gasteiger partial charge in [0.25, 0.3) is 0 Å². The highest BCUT2D eigenvalue weighted by atomic mass is 16.5. The van der Waals surface area contributed by atoms with Crippen LogP contribution >= 0.6 is 0 Å². The predicted octanol–water partition coefficient (Wildman–Crippen LogP) is 12.0. The lowest BCUT2D eigenvalue weighted by Crippen LogP contribution is -2.10. The van der Waals surface area contributed by atoms with Crippen LogP contribution in [0.2, 0.25) is 0 Å². The Morgan fingerprint density at radius 3 is 1.14 bits per heavy atom. The molecule has 0 aromatic heterocycles. The third kappa shape index (κ3) is 10.1. The Kier molecular flexibility index (Phi) is 12.8. The highest BCUT2D eigenvalue weighted by molar-refractivity contribution is 5.81. The SMILES string of the molecule is C=CC(=O)OCc1ccc(C(c2ccccc2)c2ccc(Cc3ccc(Cc4ccc(N(c5ccccc5)c5ccc(COC(=O)C=C)cc5)cc4)cc3)cc2)cc1. The van der Waals surface area contributed by atoms with E-state index in [1.807, 2.05) is 60.7 Å². The van der Waals surface area contributed by atoms with Crippen molar-refractivity contribution in [2.45, 2.75) is 32.0 Å². The lowest BCUT2D eigenvalue weighted by molar-refractivity contribution is -0.139. The first kappa shape index (κ1) is 39.0. The maximum absolute atomic E-state index is 11.5. The zero-order chi connectivity index (χ0) is 40.1. The van der Waals surface area contributed by atoms with Gasteiger partial charge in [0, 0.05) is 35.1 Å². The van der Waals surface area contributed by atoms with E-state index in [1.54, 1.807) is 0 Å². The van der Waals surface area contributed by atoms with Crippen molar-refractivity contribution in [3.63, 3.8) is 0 Å². The number of anilines is 3. The summed E-state index contributed by atoms with van der Waals surface area (Å²) in [5, 5.41) is 0. The Bertz CT molecular complexity index is 2250. The third-order valence-electron chi connectivity index (χ3n) is 10.1. The fraction of sp³-hybridized carbons (Fsp3) is 0.0943. The van der Waals surface area contributed by atoms with Crippen molar-refractivity contribution in [2.75, 3.05) is 4.90 Å². The van der Waals surface area contributed by atoms with Crippen molar-refractivity contribution in [3.8, 4) is 0 Å². The summed E-state index contributed by atoms with van der Waals surface area (Å²) < 4.78 is 10.4. The van der Waals surface area contributed by atoms with Gasteiger partial charge in [0.1, 0.15) is 13.2 Å². The molecule has 0 heterocycles. The second-order valence-corrected chi connectivity index (χ2v) is 14.1. The quantitative estimate of drug-likeness (QED) is 0.0558. The molecule has 0 aliphatic rings. The second kappa shape index (κ2) is 19.1. The van der Waals surface area contributed by atoms with Crippen molar-refractivity contribution in [3.05, 3.63) is 257 Å². The van der Waals surface area contributed by atoms with Gasteiger partial charge in [0.2, 0.25) is 0 Å². The fourth-order valence-corrected chi connectivity index (χ4v) is 7.06. The van der Waals surface area contributed by atoms with Crippen LogP contribution in [0.5, 0.6) is 0 Å². The van der Waals surface area contributed by atoms with Gasteiger partial charge in [-0.25, -0.2) is 9.59 Å². The van der Waals surface area contributed by atoms with Crippen LogP contribution in [0.3, 0.4) is 0 Å². The van der Waals surface area contributed by atoms with E-state index in [9.17, 15) is 9.59 Å². The summed E-state index contributed by atoms with van der Waals surface area (Å²) in [7, 11) is 0. The molecule has 0 bridgehead atoms. The third-order valence-corrected chi connectivity index (χ3v) is 10.1. The van der Waals surface area contributed by atoms with E-state index in [2.05, 4.69) is 139 Å². The molecule has 7 aromatic carbocycles. The number of hydrogen-bond acceptors (Lipinski definition) is 5. The topological polar surface area (TPSA) is 55.8 Å². The van der Waals surface area contributed by atoms with E-state index < -0.39 is 11.9 Å². The van der Waals surface area contributed by atoms with Crippen molar-refractivity contribution in [1.82, 2.24) is 0 Å². The number of rotatable bonds is 16. The average Bonchev–Trinajstić information content (AvgIpc) is 3.28. The molecule has 0 amide bonds. The van der Waals surface area contributed by atoms with Crippen LogP contribution < -0.4 is 4.90 Å². The van der Waals surface area contributed by atoms with Gasteiger partial charge >= 0.3 is 11.9 Å². The van der Waals surface area contributed by atoms with E-state index in [1.165, 1.54) is 51.1 Å². The highest BCUT2D eigenvalue weighted by Crippen LogP contribution is 2.35.